The van der Waals surface area contributed by atoms with Crippen LogP contribution in [-0.4, -0.2) is 19.5 Å². The van der Waals surface area contributed by atoms with Gasteiger partial charge in [-0.1, -0.05) is 158 Å². The van der Waals surface area contributed by atoms with E-state index in [0.29, 0.717) is 17.5 Å². The Hall–Kier alpha value is -8.67. The van der Waals surface area contributed by atoms with E-state index in [4.69, 9.17) is 19.4 Å². The molecule has 5 nitrogen and oxygen atoms in total. The lowest BCUT2D eigenvalue weighted by Crippen LogP contribution is -2.04. The summed E-state index contributed by atoms with van der Waals surface area (Å²) < 4.78 is 9.20. The smallest absolute Gasteiger partial charge is 0.166 e. The van der Waals surface area contributed by atoms with E-state index < -0.39 is 0 Å². The second kappa shape index (κ2) is 13.4. The molecule has 0 amide bonds. The Bertz CT molecular complexity index is 4270. The molecule has 0 radical (unpaired) electrons. The minimum atomic E-state index is 0.574. The van der Waals surface area contributed by atoms with Gasteiger partial charge in [-0.3, -0.25) is 0 Å². The predicted octanol–water partition coefficient (Wildman–Crippen LogP) is 15.6. The summed E-state index contributed by atoms with van der Waals surface area (Å²) in [6.07, 6.45) is 0. The topological polar surface area (TPSA) is 56.7 Å². The summed E-state index contributed by atoms with van der Waals surface area (Å²) in [6.45, 7) is 0. The summed E-state index contributed by atoms with van der Waals surface area (Å²) in [5, 5.41) is 16.0. The van der Waals surface area contributed by atoms with E-state index in [9.17, 15) is 0 Å². The van der Waals surface area contributed by atoms with E-state index in [0.717, 1.165) is 82.3 Å². The summed E-state index contributed by atoms with van der Waals surface area (Å²) in [7, 11) is 0. The molecule has 11 aromatic carbocycles. The van der Waals surface area contributed by atoms with Crippen molar-refractivity contribution in [2.24, 2.45) is 0 Å². The maximum atomic E-state index is 6.82. The summed E-state index contributed by atoms with van der Waals surface area (Å²) >= 11 is 0. The number of aromatic nitrogens is 4. The summed E-state index contributed by atoms with van der Waals surface area (Å²) in [6, 6.07) is 73.4. The zero-order chi connectivity index (χ0) is 41.9. The molecule has 0 bridgehead atoms. The van der Waals surface area contributed by atoms with Gasteiger partial charge in [-0.25, -0.2) is 15.0 Å². The third-order valence-corrected chi connectivity index (χ3v) is 13.1. The van der Waals surface area contributed by atoms with Crippen LogP contribution in [0, 0.1) is 0 Å². The minimum Gasteiger partial charge on any atom is -0.456 e. The van der Waals surface area contributed by atoms with Crippen LogP contribution in [0.2, 0.25) is 0 Å². The number of para-hydroxylation sites is 1. The molecule has 0 aliphatic rings. The first-order valence-electron chi connectivity index (χ1n) is 21.7. The Morgan fingerprint density at radius 1 is 0.297 bits per heavy atom. The Morgan fingerprint density at radius 2 is 0.844 bits per heavy atom. The highest BCUT2D eigenvalue weighted by Crippen LogP contribution is 2.43. The average Bonchev–Trinajstić information content (AvgIpc) is 3.87. The first kappa shape index (κ1) is 35.0. The van der Waals surface area contributed by atoms with Crippen molar-refractivity contribution in [3.05, 3.63) is 206 Å². The number of furan rings is 1. The fourth-order valence-corrected chi connectivity index (χ4v) is 10.1. The van der Waals surface area contributed by atoms with Crippen LogP contribution in [0.5, 0.6) is 0 Å². The Balaban J connectivity index is 1.11. The second-order valence-corrected chi connectivity index (χ2v) is 16.8. The number of rotatable bonds is 4. The van der Waals surface area contributed by atoms with Crippen LogP contribution in [0.1, 0.15) is 0 Å². The fourth-order valence-electron chi connectivity index (χ4n) is 10.1. The van der Waals surface area contributed by atoms with Crippen LogP contribution in [-0.2, 0) is 0 Å². The largest absolute Gasteiger partial charge is 0.456 e. The van der Waals surface area contributed by atoms with Crippen LogP contribution in [0.25, 0.3) is 137 Å². The molecule has 64 heavy (non-hydrogen) atoms. The van der Waals surface area contributed by atoms with Gasteiger partial charge in [0.05, 0.1) is 16.7 Å². The molecule has 0 aliphatic carbocycles. The van der Waals surface area contributed by atoms with Gasteiger partial charge in [0.2, 0.25) is 0 Å². The fraction of sp³-hybridized carbons (Fsp3) is 0. The molecule has 0 saturated heterocycles. The Morgan fingerprint density at radius 3 is 1.64 bits per heavy atom. The van der Waals surface area contributed by atoms with Crippen LogP contribution in [0.3, 0.4) is 0 Å². The van der Waals surface area contributed by atoms with Gasteiger partial charge >= 0.3 is 0 Å². The molecule has 0 spiro atoms. The minimum absolute atomic E-state index is 0.574. The van der Waals surface area contributed by atoms with Gasteiger partial charge in [0, 0.05) is 44.3 Å². The molecule has 0 atom stereocenters. The highest BCUT2D eigenvalue weighted by molar-refractivity contribution is 6.16. The van der Waals surface area contributed by atoms with Crippen LogP contribution >= 0.6 is 0 Å². The molecule has 3 aromatic heterocycles. The van der Waals surface area contributed by atoms with Gasteiger partial charge in [-0.05, 0) is 96.3 Å². The number of benzene rings is 11. The van der Waals surface area contributed by atoms with E-state index in [1.807, 2.05) is 0 Å². The molecule has 0 saturated carbocycles. The summed E-state index contributed by atoms with van der Waals surface area (Å²) in [5.41, 5.74) is 7.45. The summed E-state index contributed by atoms with van der Waals surface area (Å²) in [4.78, 5) is 16.3. The molecular weight excluding hydrogens is 781 g/mol. The SMILES string of the molecule is c1ccc2cc3c(cc2c1)oc1cc(-n2c4ccccc4c4cc5ccccc5cc42)c(-c2nc(-c4ccc5c(ccc6ccccc65)c4)nc(-c4cccc5ccccc45)n2)cc13. The molecule has 14 rings (SSSR count). The van der Waals surface area contributed by atoms with Gasteiger partial charge in [0.1, 0.15) is 11.2 Å². The molecule has 5 heteroatoms. The highest BCUT2D eigenvalue weighted by atomic mass is 16.3. The van der Waals surface area contributed by atoms with Crippen molar-refractivity contribution in [1.29, 1.82) is 0 Å². The van der Waals surface area contributed by atoms with Gasteiger partial charge in [0.15, 0.2) is 17.5 Å². The molecule has 296 valence electrons. The van der Waals surface area contributed by atoms with Gasteiger partial charge in [0.25, 0.3) is 0 Å². The molecule has 0 aliphatic heterocycles. The van der Waals surface area contributed by atoms with E-state index in [-0.39, 0.29) is 0 Å². The maximum absolute atomic E-state index is 6.82. The van der Waals surface area contributed by atoms with Gasteiger partial charge < -0.3 is 8.98 Å². The number of hydrogen-bond donors (Lipinski definition) is 0. The second-order valence-electron chi connectivity index (χ2n) is 16.8. The number of hydrogen-bond acceptors (Lipinski definition) is 4. The third kappa shape index (κ3) is 5.28. The molecular formula is C59H34N4O. The highest BCUT2D eigenvalue weighted by Gasteiger charge is 2.23. The lowest BCUT2D eigenvalue weighted by molar-refractivity contribution is 0.669. The number of nitrogens with zero attached hydrogens (tertiary/aromatic N) is 4. The Kier molecular flexibility index (Phi) is 7.33. The average molecular weight is 815 g/mol. The molecule has 0 unspecified atom stereocenters. The van der Waals surface area contributed by atoms with Crippen molar-refractivity contribution < 1.29 is 4.42 Å². The van der Waals surface area contributed by atoms with Gasteiger partial charge in [-0.15, -0.1) is 0 Å². The Labute approximate surface area is 366 Å². The number of fused-ring (bicyclic) bond motifs is 12. The van der Waals surface area contributed by atoms with Crippen LogP contribution in [0.15, 0.2) is 211 Å². The quantitative estimate of drug-likeness (QED) is 0.166. The molecule has 0 fully saturated rings. The van der Waals surface area contributed by atoms with Crippen molar-refractivity contribution in [3.8, 4) is 39.9 Å². The van der Waals surface area contributed by atoms with Crippen molar-refractivity contribution >= 4 is 97.6 Å². The van der Waals surface area contributed by atoms with Crippen molar-refractivity contribution in [3.63, 3.8) is 0 Å². The van der Waals surface area contributed by atoms with E-state index in [2.05, 4.69) is 211 Å². The normalized spacial score (nSPS) is 12.1. The van der Waals surface area contributed by atoms with Crippen LogP contribution < -0.4 is 0 Å². The third-order valence-electron chi connectivity index (χ3n) is 13.1. The van der Waals surface area contributed by atoms with E-state index in [1.165, 1.54) is 37.7 Å². The van der Waals surface area contributed by atoms with Crippen molar-refractivity contribution in [2.75, 3.05) is 0 Å². The lowest BCUT2D eigenvalue weighted by Gasteiger charge is -2.16. The monoisotopic (exact) mass is 814 g/mol. The lowest BCUT2D eigenvalue weighted by atomic mass is 10.00. The van der Waals surface area contributed by atoms with Crippen LogP contribution in [0.4, 0.5) is 0 Å². The van der Waals surface area contributed by atoms with Crippen molar-refractivity contribution in [1.82, 2.24) is 19.5 Å². The standard InChI is InChI=1S/C59H34N4O/c1-3-16-39-31-53-48(29-37(39)14-1)46-21-9-10-23-52(46)63(53)54-34-56-50(49-30-38-15-2-4-17-40(38)32-55(49)64-56)33-51(54)59-61-57(60-58(62-59)47-22-11-18-35-12-5-8-20-44(35)47)42-26-27-45-41(28-42)25-24-36-13-6-7-19-43(36)45/h1-34H. The van der Waals surface area contributed by atoms with E-state index in [1.54, 1.807) is 0 Å². The van der Waals surface area contributed by atoms with E-state index >= 15 is 0 Å². The first-order valence-corrected chi connectivity index (χ1v) is 21.7. The van der Waals surface area contributed by atoms with Crippen molar-refractivity contribution in [2.45, 2.75) is 0 Å². The first-order chi connectivity index (χ1) is 31.7. The molecule has 0 N–H and O–H groups in total. The predicted molar refractivity (Wildman–Crippen MR) is 265 cm³/mol. The van der Waals surface area contributed by atoms with Gasteiger partial charge in [-0.2, -0.15) is 0 Å². The summed E-state index contributed by atoms with van der Waals surface area (Å²) in [5.74, 6) is 1.79. The maximum Gasteiger partial charge on any atom is 0.166 e. The molecule has 14 aromatic rings. The zero-order valence-electron chi connectivity index (χ0n) is 34.3. The molecule has 3 heterocycles. The zero-order valence-corrected chi connectivity index (χ0v) is 34.3.